The maximum atomic E-state index is 6.44. The van der Waals surface area contributed by atoms with Crippen LogP contribution in [0.15, 0.2) is 41.3 Å². The summed E-state index contributed by atoms with van der Waals surface area (Å²) in [4.78, 5) is 1.34. The van der Waals surface area contributed by atoms with Gasteiger partial charge in [0, 0.05) is 0 Å². The van der Waals surface area contributed by atoms with E-state index in [2.05, 4.69) is 78.0 Å². The molecule has 1 nitrogen and oxygen atoms in total. The molecule has 0 saturated carbocycles. The molecule has 1 aliphatic heterocycles. The van der Waals surface area contributed by atoms with Gasteiger partial charge in [0.15, 0.2) is 0 Å². The minimum absolute atomic E-state index is 0.116. The largest absolute Gasteiger partial charge is 0.484 e. The van der Waals surface area contributed by atoms with E-state index < -0.39 is 0 Å². The van der Waals surface area contributed by atoms with Gasteiger partial charge in [-0.3, -0.25) is 0 Å². The molecule has 0 amide bonds. The first-order chi connectivity index (χ1) is 10.7. The van der Waals surface area contributed by atoms with Gasteiger partial charge in [0.1, 0.15) is 11.9 Å². The number of rotatable bonds is 0. The zero-order chi connectivity index (χ0) is 16.8. The maximum Gasteiger partial charge on any atom is 0.134 e. The summed E-state index contributed by atoms with van der Waals surface area (Å²) in [6.45, 7) is 13.7. The summed E-state index contributed by atoms with van der Waals surface area (Å²) in [6.07, 6.45) is 9.94. The molecule has 124 valence electrons. The van der Waals surface area contributed by atoms with E-state index in [0.29, 0.717) is 5.25 Å². The quantitative estimate of drug-likeness (QED) is 0.576. The Labute approximate surface area is 145 Å². The molecule has 0 radical (unpaired) electrons. The van der Waals surface area contributed by atoms with Crippen molar-refractivity contribution >= 4 is 11.8 Å². The first-order valence-corrected chi connectivity index (χ1v) is 9.40. The van der Waals surface area contributed by atoms with Gasteiger partial charge >= 0.3 is 0 Å². The molecule has 1 aromatic rings. The summed E-state index contributed by atoms with van der Waals surface area (Å²) in [5.41, 5.74) is 3.02. The van der Waals surface area contributed by atoms with Crippen molar-refractivity contribution in [2.45, 2.75) is 75.0 Å². The third-order valence-electron chi connectivity index (χ3n) is 4.54. The first-order valence-electron chi connectivity index (χ1n) is 8.52. The number of allylic oxidation sites excluding steroid dienone is 3. The van der Waals surface area contributed by atoms with E-state index in [1.54, 1.807) is 0 Å². The molecule has 0 aromatic heterocycles. The topological polar surface area (TPSA) is 9.23 Å². The molecule has 23 heavy (non-hydrogen) atoms. The van der Waals surface area contributed by atoms with Gasteiger partial charge in [-0.2, -0.15) is 0 Å². The van der Waals surface area contributed by atoms with Gasteiger partial charge in [0.2, 0.25) is 0 Å². The van der Waals surface area contributed by atoms with Crippen LogP contribution in [0.25, 0.3) is 0 Å². The molecule has 1 heterocycles. The summed E-state index contributed by atoms with van der Waals surface area (Å²) in [5.74, 6) is 1.07. The molecule has 2 unspecified atom stereocenters. The Morgan fingerprint density at radius 2 is 1.74 bits per heavy atom. The van der Waals surface area contributed by atoms with E-state index in [1.165, 1.54) is 16.0 Å². The number of benzene rings is 1. The van der Waals surface area contributed by atoms with Crippen molar-refractivity contribution in [1.82, 2.24) is 0 Å². The van der Waals surface area contributed by atoms with Crippen LogP contribution in [0.3, 0.4) is 0 Å². The van der Waals surface area contributed by atoms with Crippen molar-refractivity contribution in [1.29, 1.82) is 0 Å². The summed E-state index contributed by atoms with van der Waals surface area (Å²) in [7, 11) is 0. The fourth-order valence-electron chi connectivity index (χ4n) is 3.05. The second kappa shape index (κ2) is 5.73. The third-order valence-corrected chi connectivity index (χ3v) is 5.96. The van der Waals surface area contributed by atoms with Crippen LogP contribution in [0, 0.1) is 0 Å². The van der Waals surface area contributed by atoms with Crippen LogP contribution in [-0.4, -0.2) is 11.4 Å². The minimum atomic E-state index is 0.116. The lowest BCUT2D eigenvalue weighted by Gasteiger charge is -2.36. The van der Waals surface area contributed by atoms with Gasteiger partial charge in [-0.1, -0.05) is 65.8 Å². The van der Waals surface area contributed by atoms with Gasteiger partial charge < -0.3 is 4.74 Å². The van der Waals surface area contributed by atoms with Crippen LogP contribution < -0.4 is 4.74 Å². The Balaban J connectivity index is 2.12. The van der Waals surface area contributed by atoms with E-state index in [1.807, 2.05) is 11.8 Å². The normalized spacial score (nSPS) is 23.7. The highest BCUT2D eigenvalue weighted by molar-refractivity contribution is 8.00. The Hall–Kier alpha value is -1.15. The lowest BCUT2D eigenvalue weighted by molar-refractivity contribution is 0.231. The molecule has 1 aromatic carbocycles. The predicted octanol–water partition coefficient (Wildman–Crippen LogP) is 6.02. The SMILES string of the molecule is CC(C)(C)c1cc2c(c(C(C)(C)C)c1)SC1CC=CC=CC1O2. The molecule has 0 bridgehead atoms. The van der Waals surface area contributed by atoms with Crippen LogP contribution in [0.4, 0.5) is 0 Å². The highest BCUT2D eigenvalue weighted by atomic mass is 32.2. The Morgan fingerprint density at radius 3 is 2.39 bits per heavy atom. The first kappa shape index (κ1) is 16.7. The Morgan fingerprint density at radius 1 is 1.00 bits per heavy atom. The van der Waals surface area contributed by atoms with Gasteiger partial charge in [0.25, 0.3) is 0 Å². The van der Waals surface area contributed by atoms with E-state index >= 15 is 0 Å². The molecule has 1 aliphatic carbocycles. The van der Waals surface area contributed by atoms with Crippen LogP contribution in [0.5, 0.6) is 5.75 Å². The molecule has 2 atom stereocenters. The fourth-order valence-corrected chi connectivity index (χ4v) is 4.56. The van der Waals surface area contributed by atoms with Gasteiger partial charge in [0.05, 0.1) is 10.1 Å². The van der Waals surface area contributed by atoms with Crippen molar-refractivity contribution in [3.05, 3.63) is 47.6 Å². The molecule has 0 spiro atoms. The third kappa shape index (κ3) is 3.38. The van der Waals surface area contributed by atoms with Crippen molar-refractivity contribution in [3.8, 4) is 5.75 Å². The van der Waals surface area contributed by atoms with E-state index in [0.717, 1.165) is 12.2 Å². The summed E-state index contributed by atoms with van der Waals surface area (Å²) in [6, 6.07) is 4.66. The molecule has 0 fully saturated rings. The Kier molecular flexibility index (Phi) is 4.16. The highest BCUT2D eigenvalue weighted by Gasteiger charge is 2.34. The molecule has 2 heteroatoms. The van der Waals surface area contributed by atoms with Crippen LogP contribution >= 0.6 is 11.8 Å². The van der Waals surface area contributed by atoms with Crippen LogP contribution in [-0.2, 0) is 10.8 Å². The fraction of sp³-hybridized carbons (Fsp3) is 0.524. The summed E-state index contributed by atoms with van der Waals surface area (Å²) in [5, 5.41) is 0.471. The second-order valence-electron chi connectivity index (χ2n) is 8.64. The molecular weight excluding hydrogens is 300 g/mol. The lowest BCUT2D eigenvalue weighted by Crippen LogP contribution is -2.31. The van der Waals surface area contributed by atoms with Gasteiger partial charge in [-0.05, 0) is 40.5 Å². The maximum absolute atomic E-state index is 6.44. The molecule has 0 saturated heterocycles. The van der Waals surface area contributed by atoms with Crippen molar-refractivity contribution in [3.63, 3.8) is 0 Å². The Bertz CT molecular complexity index is 656. The summed E-state index contributed by atoms with van der Waals surface area (Å²) < 4.78 is 6.44. The molecule has 2 aliphatic rings. The van der Waals surface area contributed by atoms with Gasteiger partial charge in [-0.25, -0.2) is 0 Å². The predicted molar refractivity (Wildman–Crippen MR) is 101 cm³/mol. The lowest BCUT2D eigenvalue weighted by atomic mass is 9.80. The number of ether oxygens (including phenoxy) is 1. The van der Waals surface area contributed by atoms with Crippen LogP contribution in [0.1, 0.15) is 59.1 Å². The monoisotopic (exact) mass is 328 g/mol. The summed E-state index contributed by atoms with van der Waals surface area (Å²) >= 11 is 2.00. The smallest absolute Gasteiger partial charge is 0.134 e. The zero-order valence-electron chi connectivity index (χ0n) is 15.1. The van der Waals surface area contributed by atoms with Crippen molar-refractivity contribution < 1.29 is 4.74 Å². The average Bonchev–Trinajstić information content (AvgIpc) is 2.66. The number of hydrogen-bond donors (Lipinski definition) is 0. The van der Waals surface area contributed by atoms with E-state index in [9.17, 15) is 0 Å². The second-order valence-corrected chi connectivity index (χ2v) is 9.89. The number of fused-ring (bicyclic) bond motifs is 2. The van der Waals surface area contributed by atoms with Gasteiger partial charge in [-0.15, -0.1) is 11.8 Å². The van der Waals surface area contributed by atoms with E-state index in [-0.39, 0.29) is 16.9 Å². The zero-order valence-corrected chi connectivity index (χ0v) is 16.0. The number of hydrogen-bond acceptors (Lipinski definition) is 2. The highest BCUT2D eigenvalue weighted by Crippen LogP contribution is 2.48. The molecule has 3 rings (SSSR count). The van der Waals surface area contributed by atoms with Crippen molar-refractivity contribution in [2.75, 3.05) is 0 Å². The van der Waals surface area contributed by atoms with E-state index in [4.69, 9.17) is 4.74 Å². The average molecular weight is 329 g/mol. The van der Waals surface area contributed by atoms with Crippen molar-refractivity contribution in [2.24, 2.45) is 0 Å². The molecular formula is C21H28OS. The number of thioether (sulfide) groups is 1. The molecule has 0 N–H and O–H groups in total. The standard InChI is InChI=1S/C21H28OS/c1-20(2,3)14-12-15(21(4,5)6)19-17(13-14)22-16-10-8-7-9-11-18(16)23-19/h7-10,12-13,16,18H,11H2,1-6H3. The minimum Gasteiger partial charge on any atom is -0.484 e. The van der Waals surface area contributed by atoms with Crippen LogP contribution in [0.2, 0.25) is 0 Å².